The van der Waals surface area contributed by atoms with E-state index >= 15 is 0 Å². The molecule has 0 atom stereocenters. The van der Waals surface area contributed by atoms with Crippen LogP contribution in [0.1, 0.15) is 21.5 Å². The molecular formula is C36H28O7. The summed E-state index contributed by atoms with van der Waals surface area (Å²) in [6.07, 6.45) is 0. The Kier molecular flexibility index (Phi) is 8.54. The van der Waals surface area contributed by atoms with Crippen LogP contribution in [0.4, 0.5) is 0 Å². The molecule has 0 saturated carbocycles. The molecule has 0 N–H and O–H groups in total. The molecule has 1 aliphatic heterocycles. The summed E-state index contributed by atoms with van der Waals surface area (Å²) in [7, 11) is 0. The van der Waals surface area contributed by atoms with Gasteiger partial charge in [0.15, 0.2) is 19.0 Å². The Morgan fingerprint density at radius 1 is 0.651 bits per heavy atom. The van der Waals surface area contributed by atoms with Crippen LogP contribution in [-0.4, -0.2) is 19.6 Å². The Hall–Kier alpha value is -5.24. The molecule has 1 aliphatic carbocycles. The van der Waals surface area contributed by atoms with Crippen molar-refractivity contribution in [2.75, 3.05) is 13.6 Å². The van der Waals surface area contributed by atoms with E-state index < -0.39 is 5.97 Å². The van der Waals surface area contributed by atoms with E-state index in [1.807, 2.05) is 84.9 Å². The fourth-order valence-corrected chi connectivity index (χ4v) is 4.86. The van der Waals surface area contributed by atoms with E-state index in [9.17, 15) is 9.59 Å². The molecule has 0 aromatic heterocycles. The molecule has 0 spiro atoms. The van der Waals surface area contributed by atoms with Gasteiger partial charge in [0.05, 0.1) is 18.8 Å². The monoisotopic (exact) mass is 572 g/mol. The van der Waals surface area contributed by atoms with Gasteiger partial charge in [-0.25, -0.2) is 4.79 Å². The molecule has 4 aromatic rings. The summed E-state index contributed by atoms with van der Waals surface area (Å²) in [5.74, 6) is 0.403. The number of fused-ring (bicyclic) bond motifs is 2. The maximum Gasteiger partial charge on any atom is 0.340 e. The summed E-state index contributed by atoms with van der Waals surface area (Å²) in [5, 5.41) is 0.740. The molecular weight excluding hydrogens is 544 g/mol. The van der Waals surface area contributed by atoms with Crippen LogP contribution in [0.3, 0.4) is 0 Å². The van der Waals surface area contributed by atoms with E-state index in [0.717, 1.165) is 22.1 Å². The van der Waals surface area contributed by atoms with Crippen molar-refractivity contribution in [3.63, 3.8) is 0 Å². The second-order valence-corrected chi connectivity index (χ2v) is 9.82. The molecule has 4 aromatic carbocycles. The number of hydrogen-bond donors (Lipinski definition) is 0. The van der Waals surface area contributed by atoms with Crippen molar-refractivity contribution in [2.45, 2.75) is 13.2 Å². The fourth-order valence-electron chi connectivity index (χ4n) is 4.86. The molecule has 214 valence electrons. The first-order valence-electron chi connectivity index (χ1n) is 13.8. The highest BCUT2D eigenvalue weighted by Crippen LogP contribution is 2.42. The molecule has 43 heavy (non-hydrogen) atoms. The number of benzene rings is 5. The molecule has 0 fully saturated rings. The van der Waals surface area contributed by atoms with Crippen LogP contribution in [0, 0.1) is 0 Å². The van der Waals surface area contributed by atoms with Gasteiger partial charge >= 0.3 is 5.97 Å². The van der Waals surface area contributed by atoms with Crippen molar-refractivity contribution in [3.8, 4) is 28.2 Å². The normalized spacial score (nSPS) is 11.1. The summed E-state index contributed by atoms with van der Waals surface area (Å²) in [5.41, 5.74) is 4.75. The summed E-state index contributed by atoms with van der Waals surface area (Å²) >= 11 is 0. The topological polar surface area (TPSA) is 84.2 Å². The molecule has 7 heteroatoms. The summed E-state index contributed by atoms with van der Waals surface area (Å²) in [4.78, 5) is 25.5. The van der Waals surface area contributed by atoms with Crippen molar-refractivity contribution in [3.05, 3.63) is 148 Å². The third-order valence-electron chi connectivity index (χ3n) is 6.89. The Morgan fingerprint density at radius 2 is 1.33 bits per heavy atom. The standard InChI is InChI=1S/C36H28O7/c37-27-15-17-31-33(19-27)43-34-20-28(41-23-39-21-25-9-3-1-4-10-25)16-18-32(34)35(31)29-13-7-8-14-30(29)36(38)42-24-40-22-26-11-5-2-6-12-26/h1-20H,21-24H2. The van der Waals surface area contributed by atoms with Gasteiger partial charge in [-0.05, 0) is 47.0 Å². The minimum atomic E-state index is -0.526. The van der Waals surface area contributed by atoms with Gasteiger partial charge in [-0.2, -0.15) is 0 Å². The minimum absolute atomic E-state index is 0.0482. The first-order valence-corrected chi connectivity index (χ1v) is 13.8. The lowest BCUT2D eigenvalue weighted by Gasteiger charge is -2.18. The van der Waals surface area contributed by atoms with Crippen LogP contribution in [0.25, 0.3) is 33.4 Å². The molecule has 1 heterocycles. The van der Waals surface area contributed by atoms with Gasteiger partial charge in [-0.3, -0.25) is 4.79 Å². The van der Waals surface area contributed by atoms with E-state index in [1.54, 1.807) is 24.3 Å². The van der Waals surface area contributed by atoms with Crippen LogP contribution in [0.5, 0.6) is 5.75 Å². The lowest BCUT2D eigenvalue weighted by Crippen LogP contribution is -2.10. The third-order valence-corrected chi connectivity index (χ3v) is 6.89. The number of carbonyl (C=O) groups is 1. The zero-order valence-corrected chi connectivity index (χ0v) is 23.2. The van der Waals surface area contributed by atoms with Crippen molar-refractivity contribution < 1.29 is 28.2 Å². The van der Waals surface area contributed by atoms with Gasteiger partial charge in [-0.15, -0.1) is 0 Å². The Morgan fingerprint density at radius 3 is 2.07 bits per heavy atom. The Balaban J connectivity index is 1.27. The van der Waals surface area contributed by atoms with Crippen LogP contribution in [0.2, 0.25) is 0 Å². The first kappa shape index (κ1) is 27.9. The van der Waals surface area contributed by atoms with E-state index in [1.165, 1.54) is 12.1 Å². The van der Waals surface area contributed by atoms with E-state index in [-0.39, 0.29) is 19.0 Å². The molecule has 6 rings (SSSR count). The predicted octanol–water partition coefficient (Wildman–Crippen LogP) is 7.45. The summed E-state index contributed by atoms with van der Waals surface area (Å²) < 4.78 is 28.7. The van der Waals surface area contributed by atoms with Gasteiger partial charge < -0.3 is 23.4 Å². The van der Waals surface area contributed by atoms with Crippen LogP contribution in [-0.2, 0) is 27.4 Å². The molecule has 0 amide bonds. The third kappa shape index (κ3) is 6.64. The Labute approximate surface area is 248 Å². The highest BCUT2D eigenvalue weighted by molar-refractivity contribution is 6.07. The number of carbonyl (C=O) groups excluding carboxylic acids is 1. The predicted molar refractivity (Wildman–Crippen MR) is 163 cm³/mol. The van der Waals surface area contributed by atoms with Gasteiger partial charge in [-0.1, -0.05) is 78.9 Å². The molecule has 0 unspecified atom stereocenters. The highest BCUT2D eigenvalue weighted by atomic mass is 16.7. The fraction of sp³-hybridized carbons (Fsp3) is 0.111. The molecule has 2 aliphatic rings. The maximum absolute atomic E-state index is 13.3. The second-order valence-electron chi connectivity index (χ2n) is 9.82. The van der Waals surface area contributed by atoms with Gasteiger partial charge in [0.25, 0.3) is 0 Å². The molecule has 0 bridgehead atoms. The number of ether oxygens (including phenoxy) is 4. The molecule has 7 nitrogen and oxygen atoms in total. The SMILES string of the molecule is O=C(OCOCc1ccccc1)c1ccccc1-c1c2ccc(=O)cc-2oc2cc(OCOCc3ccccc3)ccc12. The van der Waals surface area contributed by atoms with E-state index in [4.69, 9.17) is 23.4 Å². The van der Waals surface area contributed by atoms with Crippen molar-refractivity contribution in [1.29, 1.82) is 0 Å². The second kappa shape index (κ2) is 13.2. The van der Waals surface area contributed by atoms with Crippen LogP contribution >= 0.6 is 0 Å². The van der Waals surface area contributed by atoms with Crippen LogP contribution < -0.4 is 10.2 Å². The average molecular weight is 573 g/mol. The molecule has 0 radical (unpaired) electrons. The van der Waals surface area contributed by atoms with Crippen LogP contribution in [0.15, 0.2) is 131 Å². The Bertz CT molecular complexity index is 1860. The lowest BCUT2D eigenvalue weighted by atomic mass is 9.91. The number of hydrogen-bond acceptors (Lipinski definition) is 7. The smallest absolute Gasteiger partial charge is 0.340 e. The van der Waals surface area contributed by atoms with Gasteiger partial charge in [0, 0.05) is 28.6 Å². The maximum atomic E-state index is 13.3. The van der Waals surface area contributed by atoms with E-state index in [2.05, 4.69) is 0 Å². The molecule has 0 saturated heterocycles. The van der Waals surface area contributed by atoms with E-state index in [0.29, 0.717) is 47.0 Å². The lowest BCUT2D eigenvalue weighted by molar-refractivity contribution is -0.0380. The van der Waals surface area contributed by atoms with Gasteiger partial charge in [0.2, 0.25) is 0 Å². The van der Waals surface area contributed by atoms with Crippen molar-refractivity contribution >= 4 is 16.9 Å². The zero-order valence-electron chi connectivity index (χ0n) is 23.2. The van der Waals surface area contributed by atoms with Crippen molar-refractivity contribution in [2.24, 2.45) is 0 Å². The summed E-state index contributed by atoms with van der Waals surface area (Å²) in [6, 6.07) is 36.7. The highest BCUT2D eigenvalue weighted by Gasteiger charge is 2.22. The van der Waals surface area contributed by atoms with Crippen molar-refractivity contribution in [1.82, 2.24) is 0 Å². The largest absolute Gasteiger partial charge is 0.467 e. The first-order chi connectivity index (χ1) is 21.2. The average Bonchev–Trinajstić information content (AvgIpc) is 3.05. The quantitative estimate of drug-likeness (QED) is 0.0690. The summed E-state index contributed by atoms with van der Waals surface area (Å²) in [6.45, 7) is 0.599. The number of esters is 1. The number of rotatable bonds is 11. The minimum Gasteiger partial charge on any atom is -0.467 e. The zero-order chi connectivity index (χ0) is 29.4. The van der Waals surface area contributed by atoms with Gasteiger partial charge in [0.1, 0.15) is 17.1 Å².